The Bertz CT molecular complexity index is 140. The Labute approximate surface area is 89.5 Å². The van der Waals surface area contributed by atoms with Crippen LogP contribution in [-0.4, -0.2) is 67.9 Å². The van der Waals surface area contributed by atoms with Crippen molar-refractivity contribution in [1.82, 2.24) is 0 Å². The third-order valence-corrected chi connectivity index (χ3v) is 0.183. The minimum absolute atomic E-state index is 0. The number of rotatable bonds is 0. The number of carboxylic acids is 3. The van der Waals surface area contributed by atoms with Crippen LogP contribution < -0.4 is 0 Å². The molecule has 0 unspecified atom stereocenters. The Morgan fingerprint density at radius 1 is 0.833 bits per heavy atom. The molecule has 0 atom stereocenters. The van der Waals surface area contributed by atoms with E-state index in [1.807, 2.05) is 0 Å². The zero-order chi connectivity index (χ0) is 8.73. The van der Waals surface area contributed by atoms with E-state index in [-0.39, 0.29) is 34.7 Å². The summed E-state index contributed by atoms with van der Waals surface area (Å²) in [4.78, 5) is 27.2. The topological polar surface area (TPSA) is 112 Å². The van der Waals surface area contributed by atoms with E-state index in [9.17, 15) is 0 Å². The first-order valence-corrected chi connectivity index (χ1v) is 2.03. The van der Waals surface area contributed by atoms with Crippen molar-refractivity contribution in [3.8, 4) is 0 Å². The first-order valence-electron chi connectivity index (χ1n) is 2.03. The fourth-order valence-electron chi connectivity index (χ4n) is 0. The zero-order valence-electron chi connectivity index (χ0n) is 6.22. The summed E-state index contributed by atoms with van der Waals surface area (Å²) in [6.45, 7) is 1.08. The number of carbonyl (C=O) groups is 3. The molecule has 0 saturated carbocycles. The Morgan fingerprint density at radius 3 is 0.917 bits per heavy atom. The van der Waals surface area contributed by atoms with Gasteiger partial charge in [0, 0.05) is 6.92 Å². The van der Waals surface area contributed by atoms with E-state index in [4.69, 9.17) is 29.7 Å². The molecule has 0 heterocycles. The van der Waals surface area contributed by atoms with Gasteiger partial charge in [0.05, 0.1) is 0 Å². The van der Waals surface area contributed by atoms with E-state index < -0.39 is 17.9 Å². The largest absolute Gasteiger partial charge is 3.00 e. The van der Waals surface area contributed by atoms with Crippen LogP contribution in [0.1, 0.15) is 6.92 Å². The Balaban J connectivity index is -0.0000000483. The molecule has 0 rings (SSSR count). The van der Waals surface area contributed by atoms with E-state index in [0.717, 1.165) is 6.92 Å². The van der Waals surface area contributed by atoms with Gasteiger partial charge in [0.25, 0.3) is 5.97 Å². The van der Waals surface area contributed by atoms with Crippen LogP contribution >= 0.6 is 0 Å². The smallest absolute Gasteiger partial charge is 0.481 e. The summed E-state index contributed by atoms with van der Waals surface area (Å²) in [6.07, 6.45) is 0. The molecule has 0 amide bonds. The van der Waals surface area contributed by atoms with E-state index >= 15 is 0 Å². The van der Waals surface area contributed by atoms with Gasteiger partial charge in [-0.3, -0.25) is 4.79 Å². The van der Waals surface area contributed by atoms with Gasteiger partial charge in [-0.05, 0) is 0 Å². The molecule has 0 aromatic rings. The fraction of sp³-hybridized carbons (Fsp3) is 0.250. The van der Waals surface area contributed by atoms with Crippen molar-refractivity contribution in [3.05, 3.63) is 0 Å². The Morgan fingerprint density at radius 2 is 0.917 bits per heavy atom. The molecule has 8 heteroatoms. The van der Waals surface area contributed by atoms with Gasteiger partial charge >= 0.3 is 46.7 Å². The minimum Gasteiger partial charge on any atom is -0.481 e. The molecule has 0 aliphatic rings. The van der Waals surface area contributed by atoms with Crippen LogP contribution in [0, 0.1) is 0 Å². The molecule has 0 spiro atoms. The third kappa shape index (κ3) is 56.4. The summed E-state index contributed by atoms with van der Waals surface area (Å²) >= 11 is 0. The summed E-state index contributed by atoms with van der Waals surface area (Å²) < 4.78 is 0. The standard InChI is InChI=1S/C2H2O4.C2H4O2.2Al/c3-1(4)2(5)6;1-2(3)4;;/h(H,3,4)(H,5,6);1H3,(H,3,4);;/q;;2*+3. The summed E-state index contributed by atoms with van der Waals surface area (Å²) in [7, 11) is 0. The van der Waals surface area contributed by atoms with Crippen molar-refractivity contribution < 1.29 is 29.7 Å². The van der Waals surface area contributed by atoms with Crippen molar-refractivity contribution >= 4 is 52.6 Å². The predicted octanol–water partition coefficient (Wildman–Crippen LogP) is -1.52. The van der Waals surface area contributed by atoms with Crippen LogP contribution in [-0.2, 0) is 14.4 Å². The van der Waals surface area contributed by atoms with Crippen molar-refractivity contribution in [2.45, 2.75) is 6.92 Å². The first-order chi connectivity index (χ1) is 4.37. The molecule has 0 fully saturated rings. The first kappa shape index (κ1) is 22.5. The fourth-order valence-corrected chi connectivity index (χ4v) is 0. The Kier molecular flexibility index (Phi) is 24.6. The molecular formula is C4H6Al2O6+6. The molecule has 0 radical (unpaired) electrons. The SMILES string of the molecule is CC(=O)O.O=C(O)C(=O)O.[Al+3].[Al+3]. The number of carboxylic acid groups (broad SMARTS) is 3. The summed E-state index contributed by atoms with van der Waals surface area (Å²) in [5.74, 6) is -4.48. The van der Waals surface area contributed by atoms with Gasteiger partial charge in [-0.15, -0.1) is 0 Å². The molecule has 0 aliphatic carbocycles. The van der Waals surface area contributed by atoms with E-state index in [1.165, 1.54) is 0 Å². The maximum absolute atomic E-state index is 9.10. The van der Waals surface area contributed by atoms with Gasteiger partial charge < -0.3 is 15.3 Å². The van der Waals surface area contributed by atoms with Crippen LogP contribution in [0.25, 0.3) is 0 Å². The predicted molar refractivity (Wildman–Crippen MR) is 40.1 cm³/mol. The molecule has 0 bridgehead atoms. The zero-order valence-corrected chi connectivity index (χ0v) is 8.53. The summed E-state index contributed by atoms with van der Waals surface area (Å²) in [5, 5.41) is 22.2. The second-order valence-corrected chi connectivity index (χ2v) is 1.13. The Hall–Kier alpha value is -0.525. The second kappa shape index (κ2) is 13.1. The number of hydrogen-bond donors (Lipinski definition) is 3. The second-order valence-electron chi connectivity index (χ2n) is 1.13. The molecule has 0 aromatic carbocycles. The van der Waals surface area contributed by atoms with Crippen LogP contribution in [0.2, 0.25) is 0 Å². The molecule has 0 aromatic heterocycles. The average molecular weight is 204 g/mol. The van der Waals surface area contributed by atoms with Crippen molar-refractivity contribution in [2.75, 3.05) is 0 Å². The number of aliphatic carboxylic acids is 3. The van der Waals surface area contributed by atoms with Crippen molar-refractivity contribution in [3.63, 3.8) is 0 Å². The third-order valence-electron chi connectivity index (χ3n) is 0.183. The summed E-state index contributed by atoms with van der Waals surface area (Å²) in [6, 6.07) is 0. The van der Waals surface area contributed by atoms with Gasteiger partial charge in [0.1, 0.15) is 0 Å². The molecular weight excluding hydrogens is 198 g/mol. The molecule has 0 aliphatic heterocycles. The monoisotopic (exact) mass is 204 g/mol. The number of hydrogen-bond acceptors (Lipinski definition) is 3. The van der Waals surface area contributed by atoms with Gasteiger partial charge in [0.2, 0.25) is 0 Å². The molecule has 58 valence electrons. The molecule has 6 nitrogen and oxygen atoms in total. The van der Waals surface area contributed by atoms with Gasteiger partial charge in [-0.1, -0.05) is 0 Å². The average Bonchev–Trinajstić information content (AvgIpc) is 1.63. The van der Waals surface area contributed by atoms with E-state index in [2.05, 4.69) is 0 Å². The minimum atomic E-state index is -1.82. The van der Waals surface area contributed by atoms with Gasteiger partial charge in [-0.2, -0.15) is 0 Å². The molecule has 12 heavy (non-hydrogen) atoms. The van der Waals surface area contributed by atoms with Crippen molar-refractivity contribution in [1.29, 1.82) is 0 Å². The van der Waals surface area contributed by atoms with Crippen LogP contribution in [0.15, 0.2) is 0 Å². The normalized spacial score (nSPS) is 5.75. The van der Waals surface area contributed by atoms with Crippen LogP contribution in [0.5, 0.6) is 0 Å². The maximum Gasteiger partial charge on any atom is 3.00 e. The van der Waals surface area contributed by atoms with E-state index in [1.54, 1.807) is 0 Å². The van der Waals surface area contributed by atoms with Crippen LogP contribution in [0.3, 0.4) is 0 Å². The van der Waals surface area contributed by atoms with Crippen molar-refractivity contribution in [2.24, 2.45) is 0 Å². The quantitative estimate of drug-likeness (QED) is 0.326. The van der Waals surface area contributed by atoms with E-state index in [0.29, 0.717) is 0 Å². The summed E-state index contributed by atoms with van der Waals surface area (Å²) in [5.41, 5.74) is 0. The maximum atomic E-state index is 9.10. The van der Waals surface area contributed by atoms with Crippen LogP contribution in [0.4, 0.5) is 0 Å². The molecule has 0 saturated heterocycles. The molecule has 3 N–H and O–H groups in total. The van der Waals surface area contributed by atoms with Gasteiger partial charge in [0.15, 0.2) is 0 Å². The van der Waals surface area contributed by atoms with Gasteiger partial charge in [-0.25, -0.2) is 9.59 Å².